The van der Waals surface area contributed by atoms with Crippen LogP contribution in [-0.4, -0.2) is 54.2 Å². The molecule has 2 fully saturated rings. The van der Waals surface area contributed by atoms with Crippen molar-refractivity contribution in [3.05, 3.63) is 38.8 Å². The molecule has 2 amide bonds. The first kappa shape index (κ1) is 17.4. The van der Waals surface area contributed by atoms with E-state index in [2.05, 4.69) is 15.1 Å². The molecule has 0 spiro atoms. The van der Waals surface area contributed by atoms with E-state index in [1.807, 2.05) is 14.1 Å². The van der Waals surface area contributed by atoms with Crippen LogP contribution in [0.3, 0.4) is 0 Å². The van der Waals surface area contributed by atoms with E-state index >= 15 is 0 Å². The Morgan fingerprint density at radius 2 is 2.16 bits per heavy atom. The fourth-order valence-electron chi connectivity index (χ4n) is 3.00. The highest BCUT2D eigenvalue weighted by Gasteiger charge is 2.28. The SMILES string of the molecule is CN(C)C1CCN(c2ccc([N+](=O)[O-])cc2/C=C2/SC(=O)NC2=O)C1. The number of anilines is 1. The number of amides is 2. The van der Waals surface area contributed by atoms with E-state index in [9.17, 15) is 19.7 Å². The molecule has 2 heterocycles. The summed E-state index contributed by atoms with van der Waals surface area (Å²) in [5.74, 6) is -0.472. The highest BCUT2D eigenvalue weighted by molar-refractivity contribution is 8.18. The summed E-state index contributed by atoms with van der Waals surface area (Å²) in [7, 11) is 4.05. The Morgan fingerprint density at radius 3 is 2.72 bits per heavy atom. The number of thioether (sulfide) groups is 1. The van der Waals surface area contributed by atoms with Crippen LogP contribution in [0, 0.1) is 10.1 Å². The van der Waals surface area contributed by atoms with Crippen LogP contribution >= 0.6 is 11.8 Å². The van der Waals surface area contributed by atoms with Crippen molar-refractivity contribution in [2.75, 3.05) is 32.1 Å². The summed E-state index contributed by atoms with van der Waals surface area (Å²) >= 11 is 0.804. The van der Waals surface area contributed by atoms with Crippen molar-refractivity contribution in [3.8, 4) is 0 Å². The van der Waals surface area contributed by atoms with Gasteiger partial charge in [0, 0.05) is 42.5 Å². The van der Waals surface area contributed by atoms with Gasteiger partial charge in [0.2, 0.25) is 0 Å². The zero-order valence-electron chi connectivity index (χ0n) is 13.9. The van der Waals surface area contributed by atoms with Crippen LogP contribution in [0.25, 0.3) is 6.08 Å². The summed E-state index contributed by atoms with van der Waals surface area (Å²) in [4.78, 5) is 38.4. The molecule has 0 saturated carbocycles. The van der Waals surface area contributed by atoms with Gasteiger partial charge in [0.05, 0.1) is 9.83 Å². The lowest BCUT2D eigenvalue weighted by Gasteiger charge is -2.23. The molecule has 3 rings (SSSR count). The maximum atomic E-state index is 11.8. The third-order valence-corrected chi connectivity index (χ3v) is 5.20. The van der Waals surface area contributed by atoms with Gasteiger partial charge >= 0.3 is 0 Å². The van der Waals surface area contributed by atoms with Gasteiger partial charge in [-0.3, -0.25) is 25.0 Å². The average molecular weight is 362 g/mol. The van der Waals surface area contributed by atoms with Crippen molar-refractivity contribution in [2.24, 2.45) is 0 Å². The van der Waals surface area contributed by atoms with Gasteiger partial charge in [-0.25, -0.2) is 0 Å². The van der Waals surface area contributed by atoms with Crippen molar-refractivity contribution in [2.45, 2.75) is 12.5 Å². The van der Waals surface area contributed by atoms with Gasteiger partial charge in [-0.15, -0.1) is 0 Å². The number of rotatable bonds is 4. The normalized spacial score (nSPS) is 22.1. The molecular weight excluding hydrogens is 344 g/mol. The lowest BCUT2D eigenvalue weighted by Crippen LogP contribution is -2.31. The van der Waals surface area contributed by atoms with Crippen LogP contribution in [0.4, 0.5) is 16.2 Å². The third kappa shape index (κ3) is 3.67. The molecule has 132 valence electrons. The van der Waals surface area contributed by atoms with Gasteiger partial charge in [0.1, 0.15) is 0 Å². The van der Waals surface area contributed by atoms with Crippen LogP contribution in [0.15, 0.2) is 23.1 Å². The van der Waals surface area contributed by atoms with Crippen molar-refractivity contribution in [3.63, 3.8) is 0 Å². The first-order valence-electron chi connectivity index (χ1n) is 7.80. The molecule has 0 bridgehead atoms. The Hall–Kier alpha value is -2.39. The molecule has 2 saturated heterocycles. The zero-order valence-corrected chi connectivity index (χ0v) is 14.7. The number of likely N-dealkylation sites (N-methyl/N-ethyl adjacent to an activating group) is 1. The number of benzene rings is 1. The molecule has 25 heavy (non-hydrogen) atoms. The summed E-state index contributed by atoms with van der Waals surface area (Å²) in [5.41, 5.74) is 1.35. The zero-order chi connectivity index (χ0) is 18.1. The first-order valence-corrected chi connectivity index (χ1v) is 8.61. The van der Waals surface area contributed by atoms with E-state index in [1.165, 1.54) is 12.1 Å². The largest absolute Gasteiger partial charge is 0.369 e. The summed E-state index contributed by atoms with van der Waals surface area (Å²) in [6.45, 7) is 1.63. The van der Waals surface area contributed by atoms with E-state index in [0.29, 0.717) is 11.6 Å². The number of carbonyl (C=O) groups is 2. The van der Waals surface area contributed by atoms with Crippen molar-refractivity contribution < 1.29 is 14.5 Å². The van der Waals surface area contributed by atoms with Crippen LogP contribution in [-0.2, 0) is 4.79 Å². The molecule has 0 aliphatic carbocycles. The van der Waals surface area contributed by atoms with E-state index in [1.54, 1.807) is 12.1 Å². The second-order valence-electron chi connectivity index (χ2n) is 6.20. The second kappa shape index (κ2) is 6.85. The predicted molar refractivity (Wildman–Crippen MR) is 96.5 cm³/mol. The Morgan fingerprint density at radius 1 is 1.40 bits per heavy atom. The van der Waals surface area contributed by atoms with Gasteiger partial charge in [-0.1, -0.05) is 0 Å². The molecule has 2 aliphatic heterocycles. The molecule has 2 aliphatic rings. The van der Waals surface area contributed by atoms with E-state index in [-0.39, 0.29) is 10.6 Å². The Bertz CT molecular complexity index is 777. The molecule has 1 atom stereocenters. The highest BCUT2D eigenvalue weighted by Crippen LogP contribution is 2.33. The molecule has 1 unspecified atom stereocenters. The number of non-ortho nitro benzene ring substituents is 1. The number of carbonyl (C=O) groups excluding carboxylic acids is 2. The number of nitro benzene ring substituents is 1. The lowest BCUT2D eigenvalue weighted by atomic mass is 10.1. The Balaban J connectivity index is 1.98. The van der Waals surface area contributed by atoms with Crippen molar-refractivity contribution in [1.82, 2.24) is 10.2 Å². The quantitative estimate of drug-likeness (QED) is 0.497. The second-order valence-corrected chi connectivity index (χ2v) is 7.22. The molecule has 1 N–H and O–H groups in total. The van der Waals surface area contributed by atoms with Crippen LogP contribution in [0.1, 0.15) is 12.0 Å². The third-order valence-electron chi connectivity index (χ3n) is 4.38. The molecule has 1 aromatic rings. The maximum Gasteiger partial charge on any atom is 0.290 e. The predicted octanol–water partition coefficient (Wildman–Crippen LogP) is 2.06. The number of nitro groups is 1. The summed E-state index contributed by atoms with van der Waals surface area (Å²) in [5, 5.41) is 12.9. The van der Waals surface area contributed by atoms with Crippen LogP contribution in [0.5, 0.6) is 0 Å². The monoisotopic (exact) mass is 362 g/mol. The van der Waals surface area contributed by atoms with Gasteiger partial charge in [-0.05, 0) is 44.4 Å². The Labute approximate surface area is 149 Å². The molecule has 0 radical (unpaired) electrons. The van der Waals surface area contributed by atoms with E-state index in [4.69, 9.17) is 0 Å². The first-order chi connectivity index (χ1) is 11.8. The van der Waals surface area contributed by atoms with Gasteiger partial charge < -0.3 is 9.80 Å². The number of imide groups is 1. The molecule has 8 nitrogen and oxygen atoms in total. The van der Waals surface area contributed by atoms with Gasteiger partial charge in [0.15, 0.2) is 0 Å². The fourth-order valence-corrected chi connectivity index (χ4v) is 3.68. The van der Waals surface area contributed by atoms with Crippen LogP contribution < -0.4 is 10.2 Å². The summed E-state index contributed by atoms with van der Waals surface area (Å²) in [6, 6.07) is 5.03. The van der Waals surface area contributed by atoms with Crippen molar-refractivity contribution >= 4 is 40.4 Å². The van der Waals surface area contributed by atoms with Crippen molar-refractivity contribution in [1.29, 1.82) is 0 Å². The molecular formula is C16H18N4O4S. The summed E-state index contributed by atoms with van der Waals surface area (Å²) < 4.78 is 0. The lowest BCUT2D eigenvalue weighted by molar-refractivity contribution is -0.384. The minimum Gasteiger partial charge on any atom is -0.369 e. The summed E-state index contributed by atoms with van der Waals surface area (Å²) in [6.07, 6.45) is 2.55. The molecule has 9 heteroatoms. The van der Waals surface area contributed by atoms with E-state index < -0.39 is 16.1 Å². The molecule has 1 aromatic carbocycles. The minimum absolute atomic E-state index is 0.0475. The van der Waals surface area contributed by atoms with Crippen LogP contribution in [0.2, 0.25) is 0 Å². The maximum absolute atomic E-state index is 11.8. The smallest absolute Gasteiger partial charge is 0.290 e. The number of nitrogens with zero attached hydrogens (tertiary/aromatic N) is 3. The number of hydrogen-bond donors (Lipinski definition) is 1. The number of hydrogen-bond acceptors (Lipinski definition) is 7. The van der Waals surface area contributed by atoms with Gasteiger partial charge in [-0.2, -0.15) is 0 Å². The topological polar surface area (TPSA) is 95.8 Å². The fraction of sp³-hybridized carbons (Fsp3) is 0.375. The standard InChI is InChI=1S/C16H18N4O4S/c1-18(2)12-5-6-19(9-12)13-4-3-11(20(23)24)7-10(13)8-14-15(21)17-16(22)25-14/h3-4,7-8,12H,5-6,9H2,1-2H3,(H,17,21,22)/b14-8+. The van der Waals surface area contributed by atoms with Gasteiger partial charge in [0.25, 0.3) is 16.8 Å². The molecule has 0 aromatic heterocycles. The number of nitrogens with one attached hydrogen (secondary N) is 1. The Kier molecular flexibility index (Phi) is 4.78. The highest BCUT2D eigenvalue weighted by atomic mass is 32.2. The average Bonchev–Trinajstić information content (AvgIpc) is 3.14. The van der Waals surface area contributed by atoms with E-state index in [0.717, 1.165) is 37.0 Å². The minimum atomic E-state index is -0.472.